The second-order valence-electron chi connectivity index (χ2n) is 10.7. The van der Waals surface area contributed by atoms with Gasteiger partial charge < -0.3 is 19.9 Å². The summed E-state index contributed by atoms with van der Waals surface area (Å²) in [6.07, 6.45) is 3.40. The Morgan fingerprint density at radius 3 is 2.67 bits per heavy atom. The van der Waals surface area contributed by atoms with Crippen molar-refractivity contribution in [1.29, 1.82) is 0 Å². The minimum atomic E-state index is -0.266. The van der Waals surface area contributed by atoms with Crippen LogP contribution in [-0.2, 0) is 9.53 Å². The van der Waals surface area contributed by atoms with Gasteiger partial charge in [-0.1, -0.05) is 18.2 Å². The summed E-state index contributed by atoms with van der Waals surface area (Å²) in [7, 11) is 0. The van der Waals surface area contributed by atoms with Gasteiger partial charge in [-0.25, -0.2) is 18.9 Å². The maximum Gasteiger partial charge on any atom is 0.223 e. The molecule has 208 valence electrons. The predicted molar refractivity (Wildman–Crippen MR) is 152 cm³/mol. The number of halogens is 1. The van der Waals surface area contributed by atoms with E-state index in [0.29, 0.717) is 19.8 Å². The van der Waals surface area contributed by atoms with Crippen LogP contribution in [0.1, 0.15) is 38.3 Å². The molecule has 4 aromatic rings. The van der Waals surface area contributed by atoms with Gasteiger partial charge in [0.1, 0.15) is 23.1 Å². The van der Waals surface area contributed by atoms with E-state index in [9.17, 15) is 9.18 Å². The summed E-state index contributed by atoms with van der Waals surface area (Å²) in [6, 6.07) is 16.5. The molecule has 40 heavy (non-hydrogen) atoms. The van der Waals surface area contributed by atoms with E-state index >= 15 is 0 Å². The number of nitrogens with zero attached hydrogens (tertiary/aromatic N) is 6. The van der Waals surface area contributed by atoms with Crippen LogP contribution in [0, 0.1) is 11.7 Å². The van der Waals surface area contributed by atoms with E-state index in [1.165, 1.54) is 6.07 Å². The van der Waals surface area contributed by atoms with E-state index in [1.54, 1.807) is 18.3 Å². The Morgan fingerprint density at radius 1 is 1.05 bits per heavy atom. The lowest BCUT2D eigenvalue weighted by atomic mass is 9.95. The fourth-order valence-corrected chi connectivity index (χ4v) is 5.57. The first-order chi connectivity index (χ1) is 19.5. The highest BCUT2D eigenvalue weighted by molar-refractivity contribution is 5.79. The maximum atomic E-state index is 14.0. The van der Waals surface area contributed by atoms with Crippen LogP contribution in [0.5, 0.6) is 0 Å². The molecule has 0 spiro atoms. The van der Waals surface area contributed by atoms with Crippen molar-refractivity contribution in [2.45, 2.75) is 38.8 Å². The van der Waals surface area contributed by atoms with Crippen LogP contribution in [-0.4, -0.2) is 64.4 Å². The fraction of sp³-hybridized carbons (Fsp3) is 0.400. The molecule has 3 aromatic heterocycles. The molecule has 1 unspecified atom stereocenters. The first-order valence-corrected chi connectivity index (χ1v) is 13.9. The molecule has 1 amide bonds. The molecule has 2 saturated heterocycles. The summed E-state index contributed by atoms with van der Waals surface area (Å²) in [4.78, 5) is 26.4. The highest BCUT2D eigenvalue weighted by atomic mass is 19.1. The number of anilines is 2. The van der Waals surface area contributed by atoms with E-state index in [1.807, 2.05) is 54.8 Å². The molecule has 0 aliphatic carbocycles. The van der Waals surface area contributed by atoms with Crippen LogP contribution in [0.15, 0.2) is 60.8 Å². The van der Waals surface area contributed by atoms with Crippen molar-refractivity contribution in [2.24, 2.45) is 5.92 Å². The van der Waals surface area contributed by atoms with Crippen molar-refractivity contribution >= 4 is 23.2 Å². The van der Waals surface area contributed by atoms with Gasteiger partial charge >= 0.3 is 0 Å². The molecule has 2 fully saturated rings. The molecule has 1 N–H and O–H groups in total. The van der Waals surface area contributed by atoms with Gasteiger partial charge in [0.2, 0.25) is 5.91 Å². The molecule has 10 heteroatoms. The van der Waals surface area contributed by atoms with Crippen LogP contribution < -0.4 is 15.1 Å². The Morgan fingerprint density at radius 2 is 1.88 bits per heavy atom. The van der Waals surface area contributed by atoms with Gasteiger partial charge in [-0.15, -0.1) is 5.10 Å². The Bertz CT molecular complexity index is 1500. The topological polar surface area (TPSA) is 87.9 Å². The quantitative estimate of drug-likeness (QED) is 0.389. The van der Waals surface area contributed by atoms with Crippen LogP contribution in [0.25, 0.3) is 17.0 Å². The molecule has 0 radical (unpaired) electrons. The molecule has 2 aliphatic rings. The van der Waals surface area contributed by atoms with Gasteiger partial charge in [-0.2, -0.15) is 0 Å². The number of nitrogens with one attached hydrogen (secondary N) is 1. The van der Waals surface area contributed by atoms with Crippen LogP contribution in [0.3, 0.4) is 0 Å². The predicted octanol–water partition coefficient (Wildman–Crippen LogP) is 4.25. The number of aromatic nitrogens is 4. The van der Waals surface area contributed by atoms with E-state index in [4.69, 9.17) is 14.8 Å². The van der Waals surface area contributed by atoms with E-state index in [-0.39, 0.29) is 29.7 Å². The van der Waals surface area contributed by atoms with Crippen LogP contribution in [0.4, 0.5) is 16.0 Å². The first-order valence-electron chi connectivity index (χ1n) is 13.9. The van der Waals surface area contributed by atoms with Gasteiger partial charge in [0.25, 0.3) is 0 Å². The molecular weight excluding hydrogens is 509 g/mol. The number of ether oxygens (including phenoxy) is 1. The maximum absolute atomic E-state index is 14.0. The Labute approximate surface area is 233 Å². The van der Waals surface area contributed by atoms with Gasteiger partial charge in [0.15, 0.2) is 5.65 Å². The number of pyridine rings is 1. The number of piperidine rings is 1. The van der Waals surface area contributed by atoms with Crippen molar-refractivity contribution in [2.75, 3.05) is 42.6 Å². The lowest BCUT2D eigenvalue weighted by Gasteiger charge is -2.36. The summed E-state index contributed by atoms with van der Waals surface area (Å²) in [5.74, 6) is 1.56. The molecule has 5 heterocycles. The molecule has 6 rings (SSSR count). The van der Waals surface area contributed by atoms with Crippen molar-refractivity contribution in [3.05, 3.63) is 72.2 Å². The van der Waals surface area contributed by atoms with Crippen LogP contribution >= 0.6 is 0 Å². The highest BCUT2D eigenvalue weighted by Gasteiger charge is 2.28. The molecule has 0 bridgehead atoms. The Hall–Kier alpha value is -4.05. The molecule has 1 aromatic carbocycles. The zero-order chi connectivity index (χ0) is 27.6. The molecule has 0 saturated carbocycles. The average Bonchev–Trinajstić information content (AvgIpc) is 3.40. The number of fused-ring (bicyclic) bond motifs is 1. The summed E-state index contributed by atoms with van der Waals surface area (Å²) in [6.45, 7) is 7.21. The monoisotopic (exact) mass is 543 g/mol. The highest BCUT2D eigenvalue weighted by Crippen LogP contribution is 2.30. The van der Waals surface area contributed by atoms with Crippen molar-refractivity contribution in [3.8, 4) is 11.4 Å². The summed E-state index contributed by atoms with van der Waals surface area (Å²) >= 11 is 0. The molecule has 2 aliphatic heterocycles. The lowest BCUT2D eigenvalue weighted by molar-refractivity contribution is -0.126. The number of carbonyl (C=O) groups excluding carboxylic acids is 1. The largest absolute Gasteiger partial charge is 0.377 e. The summed E-state index contributed by atoms with van der Waals surface area (Å²) in [5, 5.41) is 8.00. The first kappa shape index (κ1) is 26.2. The van der Waals surface area contributed by atoms with Crippen LogP contribution in [0.2, 0.25) is 0 Å². The van der Waals surface area contributed by atoms with E-state index in [0.717, 1.165) is 60.2 Å². The number of imidazole rings is 1. The minimum absolute atomic E-state index is 0.0413. The second kappa shape index (κ2) is 11.2. The van der Waals surface area contributed by atoms with E-state index < -0.39 is 0 Å². The zero-order valence-electron chi connectivity index (χ0n) is 22.8. The normalized spacial score (nSPS) is 18.4. The number of amides is 1. The molecular formula is C30H34FN7O2. The molecule has 9 nitrogen and oxygen atoms in total. The summed E-state index contributed by atoms with van der Waals surface area (Å²) < 4.78 is 21.6. The van der Waals surface area contributed by atoms with Gasteiger partial charge in [-0.05, 0) is 68.7 Å². The van der Waals surface area contributed by atoms with E-state index in [2.05, 4.69) is 20.1 Å². The second-order valence-corrected chi connectivity index (χ2v) is 10.7. The third-order valence-electron chi connectivity index (χ3n) is 7.62. The third kappa shape index (κ3) is 5.36. The van der Waals surface area contributed by atoms with Gasteiger partial charge in [0.05, 0.1) is 31.1 Å². The van der Waals surface area contributed by atoms with Gasteiger partial charge in [-0.3, -0.25) is 4.79 Å². The fourth-order valence-electron chi connectivity index (χ4n) is 5.57. The Balaban J connectivity index is 1.25. The SMILES string of the molecule is CC(C)NC(=O)C1CCN(c2cccc(-c3cnc4ccc(N5CCOCC5c5cccc(F)c5)nn34)n2)CC1. The minimum Gasteiger partial charge on any atom is -0.377 e. The third-order valence-corrected chi connectivity index (χ3v) is 7.62. The summed E-state index contributed by atoms with van der Waals surface area (Å²) in [5.41, 5.74) is 3.14. The molecule has 1 atom stereocenters. The number of rotatable bonds is 6. The average molecular weight is 544 g/mol. The van der Waals surface area contributed by atoms with Crippen molar-refractivity contribution in [1.82, 2.24) is 24.9 Å². The van der Waals surface area contributed by atoms with Crippen molar-refractivity contribution < 1.29 is 13.9 Å². The lowest BCUT2D eigenvalue weighted by Crippen LogP contribution is -2.42. The number of morpholine rings is 1. The van der Waals surface area contributed by atoms with Crippen molar-refractivity contribution in [3.63, 3.8) is 0 Å². The number of benzene rings is 1. The number of carbonyl (C=O) groups is 1. The Kier molecular flexibility index (Phi) is 7.34. The zero-order valence-corrected chi connectivity index (χ0v) is 22.8. The van der Waals surface area contributed by atoms with Gasteiger partial charge in [0, 0.05) is 31.6 Å². The smallest absolute Gasteiger partial charge is 0.223 e. The number of hydrogen-bond donors (Lipinski definition) is 1. The standard InChI is InChI=1S/C30H34FN7O2/c1-20(2)33-30(39)21-11-13-36(14-12-21)28-8-4-7-24(34-28)25-18-32-27-9-10-29(35-38(25)27)37-15-16-40-19-26(37)22-5-3-6-23(31)17-22/h3-10,17-18,20-21,26H,11-16,19H2,1-2H3,(H,33,39). The number of hydrogen-bond acceptors (Lipinski definition) is 7.